The van der Waals surface area contributed by atoms with Crippen LogP contribution in [0.4, 0.5) is 0 Å². The quantitative estimate of drug-likeness (QED) is 0.246. The van der Waals surface area contributed by atoms with Crippen molar-refractivity contribution < 1.29 is 47.9 Å². The van der Waals surface area contributed by atoms with Gasteiger partial charge in [-0.15, -0.1) is 0 Å². The highest BCUT2D eigenvalue weighted by atomic mass is 16.2. The first kappa shape index (κ1) is 86.6. The van der Waals surface area contributed by atoms with Crippen LogP contribution in [0.5, 0.6) is 0 Å². The number of fused-ring (bicyclic) bond motifs is 17. The van der Waals surface area contributed by atoms with Crippen LogP contribution in [0.2, 0.25) is 0 Å². The van der Waals surface area contributed by atoms with Crippen molar-refractivity contribution in [3.63, 3.8) is 0 Å². The lowest BCUT2D eigenvalue weighted by Crippen LogP contribution is -2.56. The van der Waals surface area contributed by atoms with Crippen LogP contribution in [0, 0.1) is 207 Å². The molecule has 0 aliphatic heterocycles. The number of carbonyl (C=O) groups is 10. The Hall–Kier alpha value is -3.30. The van der Waals surface area contributed by atoms with Crippen molar-refractivity contribution in [3.05, 3.63) is 0 Å². The third kappa shape index (κ3) is 15.1. The van der Waals surface area contributed by atoms with Crippen LogP contribution in [0.25, 0.3) is 0 Å². The summed E-state index contributed by atoms with van der Waals surface area (Å²) in [5.74, 6) is 18.7. The Balaban J connectivity index is 0.000000120. The molecule has 109 heavy (non-hydrogen) atoms. The zero-order valence-corrected chi connectivity index (χ0v) is 74.8. The van der Waals surface area contributed by atoms with Crippen LogP contribution in [0.15, 0.2) is 0 Å². The summed E-state index contributed by atoms with van der Waals surface area (Å²) in [5.41, 5.74) is 3.66. The molecule has 0 amide bonds. The van der Waals surface area contributed by atoms with Gasteiger partial charge >= 0.3 is 0 Å². The highest BCUT2D eigenvalue weighted by Gasteiger charge is 2.68. The van der Waals surface area contributed by atoms with Crippen molar-refractivity contribution in [2.24, 2.45) is 207 Å². The molecule has 0 N–H and O–H groups in total. The highest BCUT2D eigenvalue weighted by Crippen LogP contribution is 2.70. The summed E-state index contributed by atoms with van der Waals surface area (Å²) >= 11 is 0. The molecule has 22 aliphatic carbocycles. The van der Waals surface area contributed by atoms with Gasteiger partial charge in [-0.25, -0.2) is 0 Å². The van der Waals surface area contributed by atoms with Gasteiger partial charge in [0.1, 0.15) is 57.8 Å². The zero-order chi connectivity index (χ0) is 81.5. The van der Waals surface area contributed by atoms with Crippen LogP contribution in [0.3, 0.4) is 0 Å². The monoisotopic (exact) mass is 1510 g/mol. The fraction of sp³-hybridized carbons (Fsp3) is 0.899. The Morgan fingerprint density at radius 3 is 1.32 bits per heavy atom. The Labute approximate surface area is 663 Å². The molecule has 0 spiro atoms. The van der Waals surface area contributed by atoms with E-state index in [1.807, 2.05) is 0 Å². The van der Waals surface area contributed by atoms with Gasteiger partial charge in [0.25, 0.3) is 0 Å². The first-order valence-corrected chi connectivity index (χ1v) is 45.1. The Kier molecular flexibility index (Phi) is 22.9. The lowest BCUT2D eigenvalue weighted by Gasteiger charge is -2.58. The predicted octanol–water partition coefficient (Wildman–Crippen LogP) is 22.8. The molecule has 10 nitrogen and oxygen atoms in total. The molecule has 22 saturated carbocycles. The molecule has 0 aromatic heterocycles. The van der Waals surface area contributed by atoms with Crippen molar-refractivity contribution >= 4 is 57.8 Å². The van der Waals surface area contributed by atoms with Crippen LogP contribution in [-0.2, 0) is 47.9 Å². The number of Topliss-reactive ketones (excluding diaryl/α,β-unsaturated/α-hetero) is 10. The molecular weight excluding hydrogens is 1350 g/mol. The van der Waals surface area contributed by atoms with E-state index in [1.165, 1.54) is 64.2 Å². The highest BCUT2D eigenvalue weighted by molar-refractivity contribution is 5.93. The number of ketones is 10. The first-order valence-electron chi connectivity index (χ1n) is 45.1. The average molecular weight is 1510 g/mol. The topological polar surface area (TPSA) is 171 Å². The van der Waals surface area contributed by atoms with Gasteiger partial charge in [0.15, 0.2) is 0 Å². The molecule has 614 valence electrons. The predicted molar refractivity (Wildman–Crippen MR) is 437 cm³/mol. The number of rotatable bonds is 1. The third-order valence-electron chi connectivity index (χ3n) is 38.7. The molecule has 22 fully saturated rings. The number of hydrogen-bond acceptors (Lipinski definition) is 10. The van der Waals surface area contributed by atoms with E-state index in [4.69, 9.17) is 0 Å². The van der Waals surface area contributed by atoms with E-state index in [1.54, 1.807) is 0 Å². The minimum Gasteiger partial charge on any atom is -0.299 e. The third-order valence-corrected chi connectivity index (χ3v) is 38.7. The van der Waals surface area contributed by atoms with E-state index < -0.39 is 0 Å². The number of carbonyl (C=O) groups excluding carboxylic acids is 10. The van der Waals surface area contributed by atoms with Crippen LogP contribution < -0.4 is 0 Å². The SMILES string of the molecule is CC12CC(CC1=O)C(C)(C)C2.CC12CCC(C1)C(C)(C)C2=O.CC12CCC(CC1=O)C2(C)C.CC1C(=O)C2CC1CC2(C)C.CC1C(=O)CC2(C(C)C)CC12.CC1C(=O)CC2CC1C2(C)C.CC1CC(=O)C2CC1C2(C)C.CC1CC2(C)CC(=O)C1C2.CC1CC2C(CC1=O)C2(C)C.CC1CCC2C(C1=O)C2(C)C. The maximum Gasteiger partial charge on any atom is 0.144 e. The van der Waals surface area contributed by atoms with Gasteiger partial charge in [-0.1, -0.05) is 201 Å². The summed E-state index contributed by atoms with van der Waals surface area (Å²) in [6, 6.07) is 0. The lowest BCUT2D eigenvalue weighted by molar-refractivity contribution is -0.156. The fourth-order valence-corrected chi connectivity index (χ4v) is 29.0. The maximum atomic E-state index is 11.8. The second-order valence-electron chi connectivity index (χ2n) is 48.5. The summed E-state index contributed by atoms with van der Waals surface area (Å²) < 4.78 is 0. The van der Waals surface area contributed by atoms with Gasteiger partial charge in [0, 0.05) is 120 Å². The summed E-state index contributed by atoms with van der Waals surface area (Å²) in [7, 11) is 0. The van der Waals surface area contributed by atoms with Crippen molar-refractivity contribution in [1.29, 1.82) is 0 Å². The van der Waals surface area contributed by atoms with Crippen LogP contribution >= 0.6 is 0 Å². The van der Waals surface area contributed by atoms with E-state index in [0.717, 1.165) is 119 Å². The summed E-state index contributed by atoms with van der Waals surface area (Å²) in [4.78, 5) is 115. The smallest absolute Gasteiger partial charge is 0.144 e. The van der Waals surface area contributed by atoms with E-state index >= 15 is 0 Å². The normalized spacial score (nSPS) is 47.5. The molecular formula is C99H158O10. The summed E-state index contributed by atoms with van der Waals surface area (Å²) in [5, 5.41) is 0. The molecule has 22 rings (SSSR count). The van der Waals surface area contributed by atoms with Crippen LogP contribution in [-0.4, -0.2) is 57.8 Å². The maximum absolute atomic E-state index is 11.8. The second-order valence-corrected chi connectivity index (χ2v) is 48.5. The number of hydrogen-bond donors (Lipinski definition) is 0. The minimum absolute atomic E-state index is 0.00694. The van der Waals surface area contributed by atoms with Crippen molar-refractivity contribution in [2.45, 2.75) is 355 Å². The lowest BCUT2D eigenvalue weighted by atomic mass is 9.45. The van der Waals surface area contributed by atoms with E-state index in [0.29, 0.717) is 208 Å². The average Bonchev–Trinajstić information content (AvgIpc) is 1.54. The van der Waals surface area contributed by atoms with Crippen molar-refractivity contribution in [1.82, 2.24) is 0 Å². The van der Waals surface area contributed by atoms with Gasteiger partial charge in [-0.2, -0.15) is 0 Å². The zero-order valence-electron chi connectivity index (χ0n) is 74.8. The van der Waals surface area contributed by atoms with Gasteiger partial charge < -0.3 is 0 Å². The molecule has 0 aromatic rings. The molecule has 0 radical (unpaired) electrons. The van der Waals surface area contributed by atoms with Gasteiger partial charge in [0.05, 0.1) is 0 Å². The van der Waals surface area contributed by atoms with E-state index in [-0.39, 0.29) is 27.1 Å². The van der Waals surface area contributed by atoms with Crippen molar-refractivity contribution in [3.8, 4) is 0 Å². The molecule has 14 bridgehead atoms. The van der Waals surface area contributed by atoms with Gasteiger partial charge in [0.2, 0.25) is 0 Å². The molecule has 27 unspecified atom stereocenters. The molecule has 10 heteroatoms. The first-order chi connectivity index (χ1) is 49.7. The molecule has 0 heterocycles. The van der Waals surface area contributed by atoms with Crippen molar-refractivity contribution in [2.75, 3.05) is 0 Å². The summed E-state index contributed by atoms with van der Waals surface area (Å²) in [6.45, 7) is 64.1. The van der Waals surface area contributed by atoms with E-state index in [9.17, 15) is 47.9 Å². The molecule has 0 aromatic carbocycles. The molecule has 22 aliphatic rings. The summed E-state index contributed by atoms with van der Waals surface area (Å²) in [6.07, 6.45) is 26.5. The van der Waals surface area contributed by atoms with Crippen LogP contribution in [0.1, 0.15) is 355 Å². The second kappa shape index (κ2) is 28.8. The fourth-order valence-electron chi connectivity index (χ4n) is 29.0. The Bertz CT molecular complexity index is 3570. The standard InChI is InChI=1S/9C10H16O.C9H14O/c1-9(2)6-10(3)5-7(9)4-8(10)11;1-6-8-4-7(5-9(6)11)10(8,2)3;1-6-7-4-8(9(6)11)10(2,3)5-7;1-6-4-9(11)8-5-7(6)10(8,2)3;1-6-4-7-8(5-9(6)11)10(7,2)3;1-6(2)10-4-8(10)7(3)9(11)5-10;1-9(2)7-4-5-10(3,6-7)8(9)11;1-9(2)7-4-5-10(9,3)8(11)6-7;1-6-4-5-7-8(9(6)11)10(7,2)3;1-6-3-9(2)4-7(6)8(10)5-9/h7H,4-6H2,1-3H3;5*6-8H,4-5H2,1-3H3;2*7H,4-6H2,1-3H3;6-8H,4-5H2,1-3H3;6-7H,3-5H2,1-2H3. The molecule has 0 saturated heterocycles. The van der Waals surface area contributed by atoms with E-state index in [2.05, 4.69) is 201 Å². The Morgan fingerprint density at radius 1 is 0.367 bits per heavy atom. The van der Waals surface area contributed by atoms with Gasteiger partial charge in [-0.05, 0) is 241 Å². The largest absolute Gasteiger partial charge is 0.299 e. The Morgan fingerprint density at radius 2 is 0.972 bits per heavy atom. The van der Waals surface area contributed by atoms with Gasteiger partial charge in [-0.3, -0.25) is 47.9 Å². The minimum atomic E-state index is -0.00694. The molecule has 27 atom stereocenters.